The van der Waals surface area contributed by atoms with E-state index in [2.05, 4.69) is 44.9 Å². The third kappa shape index (κ3) is 3.88. The van der Waals surface area contributed by atoms with E-state index in [9.17, 15) is 15.5 Å². The second kappa shape index (κ2) is 9.26. The molecule has 1 spiro atoms. The molecule has 8 nitrogen and oxygen atoms in total. The first-order chi connectivity index (χ1) is 16.5. The van der Waals surface area contributed by atoms with Gasteiger partial charge in [0.2, 0.25) is 5.82 Å². The third-order valence-electron chi connectivity index (χ3n) is 6.84. The van der Waals surface area contributed by atoms with Gasteiger partial charge in [-0.25, -0.2) is 0 Å². The topological polar surface area (TPSA) is 116 Å². The number of alkyl halides is 1. The lowest BCUT2D eigenvalue weighted by Gasteiger charge is -2.37. The molecule has 34 heavy (non-hydrogen) atoms. The van der Waals surface area contributed by atoms with E-state index in [1.54, 1.807) is 12.1 Å². The number of hydrogen-bond acceptors (Lipinski definition) is 8. The number of nitrogens with zero attached hydrogens (tertiary/aromatic N) is 4. The van der Waals surface area contributed by atoms with Gasteiger partial charge < -0.3 is 19.5 Å². The van der Waals surface area contributed by atoms with E-state index in [0.717, 1.165) is 30.4 Å². The SMILES string of the molecule is CC(I)Oc1ccc(-c2nc(-c3cccc4c3CCC43CCC(O)N3CCO)no2)cc1C#N. The van der Waals surface area contributed by atoms with Crippen LogP contribution in [-0.2, 0) is 12.0 Å². The molecular formula is C25H25IN4O4. The van der Waals surface area contributed by atoms with Gasteiger partial charge in [0, 0.05) is 23.2 Å². The van der Waals surface area contributed by atoms with Crippen molar-refractivity contribution < 1.29 is 19.5 Å². The van der Waals surface area contributed by atoms with Gasteiger partial charge in [0.25, 0.3) is 5.89 Å². The molecule has 2 aromatic carbocycles. The van der Waals surface area contributed by atoms with Crippen LogP contribution in [0.2, 0.25) is 0 Å². The summed E-state index contributed by atoms with van der Waals surface area (Å²) in [6, 6.07) is 13.5. The van der Waals surface area contributed by atoms with E-state index in [1.165, 1.54) is 5.56 Å². The van der Waals surface area contributed by atoms with E-state index in [0.29, 0.717) is 41.6 Å². The Morgan fingerprint density at radius 2 is 2.21 bits per heavy atom. The lowest BCUT2D eigenvalue weighted by atomic mass is 9.88. The minimum Gasteiger partial charge on any atom is -0.479 e. The summed E-state index contributed by atoms with van der Waals surface area (Å²) in [4.78, 5) is 6.68. The standard InChI is InChI=1S/C25H25IN4O4/c1-15(26)33-21-6-5-16(13-17(21)14-27)24-28-23(29-34-24)19-3-2-4-20-18(19)7-9-25(20)10-8-22(32)30(25)11-12-31/h2-6,13,15,22,31-32H,7-12H2,1H3. The summed E-state index contributed by atoms with van der Waals surface area (Å²) in [6.45, 7) is 2.35. The van der Waals surface area contributed by atoms with Crippen LogP contribution >= 0.6 is 22.6 Å². The van der Waals surface area contributed by atoms with Crippen molar-refractivity contribution in [3.8, 4) is 34.7 Å². The fourth-order valence-corrected chi connectivity index (χ4v) is 5.70. The number of aliphatic hydroxyl groups excluding tert-OH is 2. The van der Waals surface area contributed by atoms with Gasteiger partial charge in [0.05, 0.1) is 12.2 Å². The Kier molecular flexibility index (Phi) is 6.33. The van der Waals surface area contributed by atoms with Gasteiger partial charge in [0.1, 0.15) is 22.2 Å². The van der Waals surface area contributed by atoms with Crippen LogP contribution in [0.25, 0.3) is 22.8 Å². The van der Waals surface area contributed by atoms with E-state index < -0.39 is 6.23 Å². The molecule has 0 saturated carbocycles. The average molecular weight is 572 g/mol. The Balaban J connectivity index is 1.49. The van der Waals surface area contributed by atoms with E-state index in [-0.39, 0.29) is 16.3 Å². The van der Waals surface area contributed by atoms with Gasteiger partial charge in [-0.3, -0.25) is 4.90 Å². The monoisotopic (exact) mass is 572 g/mol. The predicted octanol–water partition coefficient (Wildman–Crippen LogP) is 3.98. The third-order valence-corrected chi connectivity index (χ3v) is 7.09. The number of benzene rings is 2. The number of hydrogen-bond donors (Lipinski definition) is 2. The number of likely N-dealkylation sites (tertiary alicyclic amines) is 1. The second-order valence-corrected chi connectivity index (χ2v) is 10.5. The molecule has 5 rings (SSSR count). The zero-order chi connectivity index (χ0) is 23.9. The summed E-state index contributed by atoms with van der Waals surface area (Å²) in [6.07, 6.45) is 2.71. The predicted molar refractivity (Wildman–Crippen MR) is 133 cm³/mol. The Bertz CT molecular complexity index is 1250. The molecule has 3 unspecified atom stereocenters. The molecule has 3 aromatic rings. The number of aliphatic hydroxyl groups is 2. The molecule has 2 aliphatic rings. The quantitative estimate of drug-likeness (QED) is 0.337. The molecule has 1 aliphatic heterocycles. The highest BCUT2D eigenvalue weighted by Gasteiger charge is 2.50. The van der Waals surface area contributed by atoms with Crippen LogP contribution < -0.4 is 4.74 Å². The molecule has 0 bridgehead atoms. The first-order valence-corrected chi connectivity index (χ1v) is 12.6. The molecule has 9 heteroatoms. The van der Waals surface area contributed by atoms with Gasteiger partial charge in [-0.1, -0.05) is 23.4 Å². The van der Waals surface area contributed by atoms with Crippen LogP contribution in [0.15, 0.2) is 40.9 Å². The van der Waals surface area contributed by atoms with Crippen molar-refractivity contribution in [3.63, 3.8) is 0 Å². The molecule has 2 heterocycles. The Hall–Kier alpha value is -2.52. The van der Waals surface area contributed by atoms with Crippen molar-refractivity contribution in [2.45, 2.75) is 48.5 Å². The van der Waals surface area contributed by atoms with Crippen molar-refractivity contribution in [1.82, 2.24) is 15.0 Å². The van der Waals surface area contributed by atoms with Gasteiger partial charge in [0.15, 0.2) is 0 Å². The van der Waals surface area contributed by atoms with Crippen molar-refractivity contribution in [2.75, 3.05) is 13.2 Å². The van der Waals surface area contributed by atoms with Gasteiger partial charge in [-0.15, -0.1) is 0 Å². The molecule has 3 atom stereocenters. The van der Waals surface area contributed by atoms with Gasteiger partial charge in [-0.2, -0.15) is 10.2 Å². The number of fused-ring (bicyclic) bond motifs is 2. The van der Waals surface area contributed by atoms with Gasteiger partial charge >= 0.3 is 0 Å². The first-order valence-electron chi connectivity index (χ1n) is 11.3. The first kappa shape index (κ1) is 23.2. The lowest BCUT2D eigenvalue weighted by molar-refractivity contribution is -0.0307. The normalized spacial score (nSPS) is 22.6. The van der Waals surface area contributed by atoms with Crippen LogP contribution in [0.3, 0.4) is 0 Å². The molecular weight excluding hydrogens is 547 g/mol. The zero-order valence-electron chi connectivity index (χ0n) is 18.7. The van der Waals surface area contributed by atoms with Gasteiger partial charge in [-0.05, 0) is 84.5 Å². The highest BCUT2D eigenvalue weighted by atomic mass is 127. The number of aromatic nitrogens is 2. The molecule has 1 aromatic heterocycles. The highest BCUT2D eigenvalue weighted by molar-refractivity contribution is 14.1. The molecule has 1 saturated heterocycles. The fourth-order valence-electron chi connectivity index (χ4n) is 5.43. The van der Waals surface area contributed by atoms with Crippen LogP contribution in [0.5, 0.6) is 5.75 Å². The van der Waals surface area contributed by atoms with E-state index in [4.69, 9.17) is 9.26 Å². The van der Waals surface area contributed by atoms with Crippen LogP contribution in [-0.4, -0.2) is 48.7 Å². The molecule has 0 radical (unpaired) electrons. The van der Waals surface area contributed by atoms with Crippen LogP contribution in [0.1, 0.15) is 42.9 Å². The number of halogens is 1. The summed E-state index contributed by atoms with van der Waals surface area (Å²) < 4.78 is 11.2. The van der Waals surface area contributed by atoms with E-state index >= 15 is 0 Å². The summed E-state index contributed by atoms with van der Waals surface area (Å²) in [5.74, 6) is 1.35. The number of nitriles is 1. The zero-order valence-corrected chi connectivity index (χ0v) is 20.9. The van der Waals surface area contributed by atoms with Crippen molar-refractivity contribution in [1.29, 1.82) is 5.26 Å². The smallest absolute Gasteiger partial charge is 0.258 e. The second-order valence-electron chi connectivity index (χ2n) is 8.71. The van der Waals surface area contributed by atoms with Crippen LogP contribution in [0.4, 0.5) is 0 Å². The average Bonchev–Trinajstić information content (AvgIpc) is 3.54. The van der Waals surface area contributed by atoms with E-state index in [1.807, 2.05) is 30.0 Å². The van der Waals surface area contributed by atoms with Crippen molar-refractivity contribution >= 4 is 22.6 Å². The largest absolute Gasteiger partial charge is 0.479 e. The molecule has 1 aliphatic carbocycles. The Labute approximate surface area is 211 Å². The Morgan fingerprint density at radius 1 is 1.35 bits per heavy atom. The molecule has 1 fully saturated rings. The maximum atomic E-state index is 10.5. The minimum absolute atomic E-state index is 0.00724. The summed E-state index contributed by atoms with van der Waals surface area (Å²) in [7, 11) is 0. The minimum atomic E-state index is -0.546. The van der Waals surface area contributed by atoms with Crippen LogP contribution in [0, 0.1) is 11.3 Å². The maximum absolute atomic E-state index is 10.5. The lowest BCUT2D eigenvalue weighted by Crippen LogP contribution is -2.45. The number of ether oxygens (including phenoxy) is 1. The number of rotatable bonds is 6. The fraction of sp³-hybridized carbons (Fsp3) is 0.400. The summed E-state index contributed by atoms with van der Waals surface area (Å²) in [5.41, 5.74) is 4.03. The number of β-amino-alcohol motifs (C(OH)–C–C–N with tert-alkyl or cyclic N) is 1. The highest BCUT2D eigenvalue weighted by Crippen LogP contribution is 2.51. The summed E-state index contributed by atoms with van der Waals surface area (Å²) >= 11 is 2.14. The van der Waals surface area contributed by atoms with Crippen molar-refractivity contribution in [3.05, 3.63) is 53.1 Å². The molecule has 0 amide bonds. The maximum Gasteiger partial charge on any atom is 0.258 e. The Morgan fingerprint density at radius 3 is 2.97 bits per heavy atom. The van der Waals surface area contributed by atoms with Crippen molar-refractivity contribution in [2.24, 2.45) is 0 Å². The summed E-state index contributed by atoms with van der Waals surface area (Å²) in [5, 5.41) is 33.9. The molecule has 176 valence electrons. The molecule has 2 N–H and O–H groups in total.